The van der Waals surface area contributed by atoms with E-state index in [-0.39, 0.29) is 17.7 Å². The fourth-order valence-corrected chi connectivity index (χ4v) is 3.87. The van der Waals surface area contributed by atoms with Gasteiger partial charge in [0, 0.05) is 16.6 Å². The Balaban J connectivity index is 1.81. The van der Waals surface area contributed by atoms with Gasteiger partial charge in [0.25, 0.3) is 5.91 Å². The molecule has 0 unspecified atom stereocenters. The summed E-state index contributed by atoms with van der Waals surface area (Å²) in [6.07, 6.45) is 1.39. The molecule has 140 valence electrons. The van der Waals surface area contributed by atoms with Gasteiger partial charge in [0.05, 0.1) is 16.0 Å². The van der Waals surface area contributed by atoms with Crippen LogP contribution in [0.15, 0.2) is 46.9 Å². The molecule has 3 amide bonds. The number of nitrogens with one attached hydrogen (secondary N) is 2. The Hall–Kier alpha value is -2.18. The minimum Gasteiger partial charge on any atom is -0.322 e. The Bertz CT molecular complexity index is 914. The molecule has 0 bridgehead atoms. The molecule has 5 nitrogen and oxygen atoms in total. The van der Waals surface area contributed by atoms with Crippen LogP contribution in [0.5, 0.6) is 0 Å². The van der Waals surface area contributed by atoms with Crippen LogP contribution in [0.2, 0.25) is 5.02 Å². The lowest BCUT2D eigenvalue weighted by atomic mass is 9.72. The minimum absolute atomic E-state index is 0.237. The molecule has 3 rings (SSSR count). The normalized spacial score (nSPS) is 19.5. The van der Waals surface area contributed by atoms with Gasteiger partial charge in [0.15, 0.2) is 0 Å². The Morgan fingerprint density at radius 1 is 1.22 bits per heavy atom. The summed E-state index contributed by atoms with van der Waals surface area (Å²) in [6.45, 7) is 1.93. The first kappa shape index (κ1) is 19.6. The van der Waals surface area contributed by atoms with Crippen LogP contribution in [0.1, 0.15) is 42.1 Å². The highest BCUT2D eigenvalue weighted by molar-refractivity contribution is 9.10. The Morgan fingerprint density at radius 3 is 2.56 bits per heavy atom. The second-order valence-electron chi connectivity index (χ2n) is 6.47. The van der Waals surface area contributed by atoms with Crippen molar-refractivity contribution in [1.82, 2.24) is 5.32 Å². The molecule has 0 aliphatic carbocycles. The van der Waals surface area contributed by atoms with Gasteiger partial charge in [0.2, 0.25) is 11.8 Å². The van der Waals surface area contributed by atoms with E-state index in [9.17, 15) is 14.4 Å². The van der Waals surface area contributed by atoms with Crippen LogP contribution in [-0.4, -0.2) is 17.7 Å². The average Bonchev–Trinajstić information content (AvgIpc) is 2.65. The van der Waals surface area contributed by atoms with Crippen molar-refractivity contribution in [3.05, 3.63) is 63.1 Å². The number of carbonyl (C=O) groups excluding carboxylic acids is 3. The number of carbonyl (C=O) groups is 3. The van der Waals surface area contributed by atoms with Gasteiger partial charge in [-0.3, -0.25) is 19.7 Å². The summed E-state index contributed by atoms with van der Waals surface area (Å²) in [5, 5.41) is 5.60. The van der Waals surface area contributed by atoms with Crippen LogP contribution in [-0.2, 0) is 15.0 Å². The number of amides is 3. The van der Waals surface area contributed by atoms with Gasteiger partial charge in [-0.25, -0.2) is 0 Å². The quantitative estimate of drug-likeness (QED) is 0.678. The van der Waals surface area contributed by atoms with Crippen LogP contribution in [0, 0.1) is 0 Å². The van der Waals surface area contributed by atoms with Gasteiger partial charge in [-0.1, -0.05) is 46.6 Å². The van der Waals surface area contributed by atoms with Crippen molar-refractivity contribution >= 4 is 50.9 Å². The van der Waals surface area contributed by atoms with Crippen molar-refractivity contribution in [2.24, 2.45) is 0 Å². The van der Waals surface area contributed by atoms with Crippen LogP contribution in [0.4, 0.5) is 5.69 Å². The molecule has 1 heterocycles. The molecule has 7 heteroatoms. The van der Waals surface area contributed by atoms with Gasteiger partial charge in [-0.05, 0) is 48.7 Å². The molecule has 1 aliphatic rings. The number of halogens is 2. The molecule has 2 N–H and O–H groups in total. The van der Waals surface area contributed by atoms with Gasteiger partial charge in [-0.15, -0.1) is 0 Å². The molecule has 1 fully saturated rings. The van der Waals surface area contributed by atoms with Crippen molar-refractivity contribution in [3.63, 3.8) is 0 Å². The van der Waals surface area contributed by atoms with Crippen molar-refractivity contribution in [2.75, 3.05) is 5.32 Å². The number of rotatable bonds is 4. The molecule has 1 aliphatic heterocycles. The van der Waals surface area contributed by atoms with E-state index in [0.29, 0.717) is 35.5 Å². The number of benzene rings is 2. The van der Waals surface area contributed by atoms with E-state index in [4.69, 9.17) is 11.6 Å². The highest BCUT2D eigenvalue weighted by Gasteiger charge is 2.42. The molecule has 1 saturated heterocycles. The first-order valence-corrected chi connectivity index (χ1v) is 9.74. The summed E-state index contributed by atoms with van der Waals surface area (Å²) in [6, 6.07) is 12.2. The summed E-state index contributed by atoms with van der Waals surface area (Å²) in [7, 11) is 0. The molecule has 0 aromatic heterocycles. The third kappa shape index (κ3) is 3.92. The lowest BCUT2D eigenvalue weighted by molar-refractivity contribution is -0.138. The first-order valence-electron chi connectivity index (χ1n) is 8.57. The fourth-order valence-electron chi connectivity index (χ4n) is 3.31. The topological polar surface area (TPSA) is 75.3 Å². The Morgan fingerprint density at radius 2 is 1.93 bits per heavy atom. The highest BCUT2D eigenvalue weighted by Crippen LogP contribution is 2.36. The van der Waals surface area contributed by atoms with E-state index < -0.39 is 5.41 Å². The van der Waals surface area contributed by atoms with E-state index in [2.05, 4.69) is 26.6 Å². The molecule has 0 radical (unpaired) electrons. The van der Waals surface area contributed by atoms with Gasteiger partial charge < -0.3 is 5.32 Å². The molecule has 27 heavy (non-hydrogen) atoms. The Labute approximate surface area is 170 Å². The minimum atomic E-state index is -0.718. The molecular formula is C20H18BrClN2O3. The summed E-state index contributed by atoms with van der Waals surface area (Å²) >= 11 is 9.42. The number of imide groups is 1. The molecular weight excluding hydrogens is 432 g/mol. The van der Waals surface area contributed by atoms with E-state index in [0.717, 1.165) is 10.0 Å². The highest BCUT2D eigenvalue weighted by atomic mass is 79.9. The molecule has 0 saturated carbocycles. The smallest absolute Gasteiger partial charge is 0.257 e. The SMILES string of the molecule is CC[C@]1(c2ccc(NC(=O)c3cc(Br)ccc3Cl)cc2)CCC(=O)NC1=O. The van der Waals surface area contributed by atoms with E-state index in [1.54, 1.807) is 30.3 Å². The third-order valence-corrected chi connectivity index (χ3v) is 5.76. The van der Waals surface area contributed by atoms with Crippen LogP contribution in [0.3, 0.4) is 0 Å². The van der Waals surface area contributed by atoms with Gasteiger partial charge in [-0.2, -0.15) is 0 Å². The number of hydrogen-bond acceptors (Lipinski definition) is 3. The second kappa shape index (κ2) is 7.82. The maximum Gasteiger partial charge on any atom is 0.257 e. The largest absolute Gasteiger partial charge is 0.322 e. The van der Waals surface area contributed by atoms with Crippen molar-refractivity contribution in [3.8, 4) is 0 Å². The Kier molecular flexibility index (Phi) is 5.67. The standard InChI is InChI=1S/C20H18BrClN2O3/c1-2-20(10-9-17(25)24-19(20)27)12-3-6-14(7-4-12)23-18(26)15-11-13(21)5-8-16(15)22/h3-8,11H,2,9-10H2,1H3,(H,23,26)(H,24,25,27)/t20-/m1/s1. The van der Waals surface area contributed by atoms with Crippen molar-refractivity contribution in [1.29, 1.82) is 0 Å². The summed E-state index contributed by atoms with van der Waals surface area (Å²) in [5.74, 6) is -0.821. The molecule has 2 aromatic rings. The predicted molar refractivity (Wildman–Crippen MR) is 108 cm³/mol. The monoisotopic (exact) mass is 448 g/mol. The maximum atomic E-state index is 12.5. The maximum absolute atomic E-state index is 12.5. The van der Waals surface area contributed by atoms with Crippen LogP contribution >= 0.6 is 27.5 Å². The van der Waals surface area contributed by atoms with Crippen LogP contribution in [0.25, 0.3) is 0 Å². The van der Waals surface area contributed by atoms with Gasteiger partial charge >= 0.3 is 0 Å². The second-order valence-corrected chi connectivity index (χ2v) is 7.79. The van der Waals surface area contributed by atoms with Crippen LogP contribution < -0.4 is 10.6 Å². The summed E-state index contributed by atoms with van der Waals surface area (Å²) < 4.78 is 0.759. The zero-order valence-electron chi connectivity index (χ0n) is 14.6. The van der Waals surface area contributed by atoms with Crippen molar-refractivity contribution in [2.45, 2.75) is 31.6 Å². The third-order valence-electron chi connectivity index (χ3n) is 4.94. The molecule has 2 aromatic carbocycles. The zero-order valence-corrected chi connectivity index (χ0v) is 17.0. The number of piperidine rings is 1. The zero-order chi connectivity index (χ0) is 19.6. The number of hydrogen-bond donors (Lipinski definition) is 2. The van der Waals surface area contributed by atoms with E-state index in [1.165, 1.54) is 0 Å². The fraction of sp³-hybridized carbons (Fsp3) is 0.250. The summed E-state index contributed by atoms with van der Waals surface area (Å²) in [5.41, 5.74) is 1.07. The van der Waals surface area contributed by atoms with E-state index >= 15 is 0 Å². The predicted octanol–water partition coefficient (Wildman–Crippen LogP) is 4.44. The average molecular weight is 450 g/mol. The lowest BCUT2D eigenvalue weighted by Gasteiger charge is -2.35. The van der Waals surface area contributed by atoms with Crippen molar-refractivity contribution < 1.29 is 14.4 Å². The summed E-state index contributed by atoms with van der Waals surface area (Å²) in [4.78, 5) is 36.4. The molecule has 1 atom stereocenters. The number of anilines is 1. The first-order chi connectivity index (χ1) is 12.9. The van der Waals surface area contributed by atoms with Gasteiger partial charge in [0.1, 0.15) is 0 Å². The van der Waals surface area contributed by atoms with E-state index in [1.807, 2.05) is 19.1 Å². The lowest BCUT2D eigenvalue weighted by Crippen LogP contribution is -2.51. The molecule has 0 spiro atoms.